The largest absolute Gasteiger partial charge is 0.465 e. The molecule has 0 aromatic carbocycles. The van der Waals surface area contributed by atoms with Crippen LogP contribution < -0.4 is 10.6 Å². The topological polar surface area (TPSA) is 112 Å². The molecule has 7 nitrogen and oxygen atoms in total. The van der Waals surface area contributed by atoms with E-state index in [4.69, 9.17) is 10.2 Å². The Morgan fingerprint density at radius 3 is 2.62 bits per heavy atom. The number of nitrogens with zero attached hydrogens (tertiary/aromatic N) is 1. The number of aromatic nitrogens is 1. The second-order valence-electron chi connectivity index (χ2n) is 2.84. The van der Waals surface area contributed by atoms with Gasteiger partial charge in [0.05, 0.1) is 18.5 Å². The number of pyridine rings is 1. The molecule has 2 amide bonds. The number of amides is 2. The molecule has 0 saturated heterocycles. The molecule has 0 unspecified atom stereocenters. The van der Waals surface area contributed by atoms with Crippen LogP contribution in [0.15, 0.2) is 18.3 Å². The highest BCUT2D eigenvalue weighted by Crippen LogP contribution is 2.05. The lowest BCUT2D eigenvalue weighted by atomic mass is 10.3. The smallest absolute Gasteiger partial charge is 0.409 e. The van der Waals surface area contributed by atoms with Crippen LogP contribution in [0.3, 0.4) is 0 Å². The first-order valence-corrected chi connectivity index (χ1v) is 4.48. The van der Waals surface area contributed by atoms with E-state index >= 15 is 0 Å². The van der Waals surface area contributed by atoms with E-state index in [2.05, 4.69) is 15.6 Å². The van der Waals surface area contributed by atoms with Crippen molar-refractivity contribution in [1.29, 1.82) is 0 Å². The predicted molar refractivity (Wildman–Crippen MR) is 55.3 cm³/mol. The van der Waals surface area contributed by atoms with E-state index in [0.29, 0.717) is 0 Å². The molecule has 1 aromatic heterocycles. The van der Waals surface area contributed by atoms with Crippen molar-refractivity contribution in [2.75, 3.05) is 18.5 Å². The zero-order valence-electron chi connectivity index (χ0n) is 8.30. The number of hydrogen-bond donors (Lipinski definition) is 4. The second-order valence-corrected chi connectivity index (χ2v) is 2.84. The fraction of sp³-hybridized carbons (Fsp3) is 0.222. The summed E-state index contributed by atoms with van der Waals surface area (Å²) in [4.78, 5) is 25.4. The molecule has 0 fully saturated rings. The third-order valence-corrected chi connectivity index (χ3v) is 1.64. The zero-order valence-corrected chi connectivity index (χ0v) is 8.30. The zero-order chi connectivity index (χ0) is 12.0. The van der Waals surface area contributed by atoms with Gasteiger partial charge in [-0.05, 0) is 12.1 Å². The molecule has 0 saturated carbocycles. The molecule has 0 bridgehead atoms. The molecule has 7 heteroatoms. The van der Waals surface area contributed by atoms with Gasteiger partial charge in [0.25, 0.3) is 5.91 Å². The van der Waals surface area contributed by atoms with Gasteiger partial charge in [-0.1, -0.05) is 0 Å². The summed E-state index contributed by atoms with van der Waals surface area (Å²) in [7, 11) is 0. The first-order chi connectivity index (χ1) is 7.63. The maximum atomic E-state index is 11.3. The van der Waals surface area contributed by atoms with Gasteiger partial charge in [-0.2, -0.15) is 0 Å². The van der Waals surface area contributed by atoms with E-state index in [1.165, 1.54) is 18.3 Å². The molecular formula is C9H11N3O4. The molecule has 0 radical (unpaired) electrons. The van der Waals surface area contributed by atoms with Crippen molar-refractivity contribution in [1.82, 2.24) is 10.3 Å². The first kappa shape index (κ1) is 11.9. The highest BCUT2D eigenvalue weighted by molar-refractivity contribution is 5.92. The Bertz CT molecular complexity index is 377. The minimum atomic E-state index is -1.20. The van der Waals surface area contributed by atoms with Crippen LogP contribution >= 0.6 is 0 Å². The molecule has 0 atom stereocenters. The van der Waals surface area contributed by atoms with E-state index in [1.54, 1.807) is 0 Å². The number of nitrogens with one attached hydrogen (secondary N) is 2. The van der Waals surface area contributed by atoms with Gasteiger partial charge in [-0.25, -0.2) is 9.78 Å². The Balaban J connectivity index is 2.63. The Morgan fingerprint density at radius 1 is 1.38 bits per heavy atom. The summed E-state index contributed by atoms with van der Waals surface area (Å²) in [6.07, 6.45) is 0.0430. The molecule has 1 rings (SSSR count). The summed E-state index contributed by atoms with van der Waals surface area (Å²) < 4.78 is 0. The van der Waals surface area contributed by atoms with Gasteiger partial charge < -0.3 is 15.5 Å². The fourth-order valence-electron chi connectivity index (χ4n) is 0.986. The van der Waals surface area contributed by atoms with Crippen molar-refractivity contribution >= 4 is 17.7 Å². The molecule has 16 heavy (non-hydrogen) atoms. The summed E-state index contributed by atoms with van der Waals surface area (Å²) in [5.41, 5.74) is 0.440. The van der Waals surface area contributed by atoms with Crippen molar-refractivity contribution in [2.24, 2.45) is 0 Å². The molecule has 1 aromatic rings. The molecule has 4 N–H and O–H groups in total. The van der Waals surface area contributed by atoms with E-state index < -0.39 is 12.0 Å². The quantitative estimate of drug-likeness (QED) is 0.571. The number of hydrogen-bond acceptors (Lipinski definition) is 4. The van der Waals surface area contributed by atoms with Crippen LogP contribution in [0.1, 0.15) is 10.5 Å². The van der Waals surface area contributed by atoms with Crippen LogP contribution in [0.5, 0.6) is 0 Å². The monoisotopic (exact) mass is 225 g/mol. The summed E-state index contributed by atoms with van der Waals surface area (Å²) in [6.45, 7) is 0.0000338. The minimum Gasteiger partial charge on any atom is -0.465 e. The Morgan fingerprint density at radius 2 is 2.12 bits per heavy atom. The van der Waals surface area contributed by atoms with E-state index in [1.807, 2.05) is 0 Å². The number of anilines is 1. The van der Waals surface area contributed by atoms with Crippen molar-refractivity contribution in [3.05, 3.63) is 24.0 Å². The van der Waals surface area contributed by atoms with E-state index in [9.17, 15) is 9.59 Å². The summed E-state index contributed by atoms with van der Waals surface area (Å²) >= 11 is 0. The van der Waals surface area contributed by atoms with Crippen LogP contribution in [-0.4, -0.2) is 40.3 Å². The molecule has 0 aliphatic heterocycles. The molecule has 0 aliphatic rings. The molecule has 0 spiro atoms. The SMILES string of the molecule is O=C(O)Nc1ccc(C(=O)NCCO)nc1. The molecular weight excluding hydrogens is 214 g/mol. The Kier molecular flexibility index (Phi) is 4.22. The van der Waals surface area contributed by atoms with Crippen LogP contribution in [0.2, 0.25) is 0 Å². The normalized spacial score (nSPS) is 9.56. The Labute approximate surface area is 91.1 Å². The van der Waals surface area contributed by atoms with Crippen LogP contribution in [0.25, 0.3) is 0 Å². The van der Waals surface area contributed by atoms with Gasteiger partial charge in [-0.3, -0.25) is 10.1 Å². The third-order valence-electron chi connectivity index (χ3n) is 1.64. The van der Waals surface area contributed by atoms with Crippen molar-refractivity contribution < 1.29 is 19.8 Å². The molecule has 1 heterocycles. The number of aliphatic hydroxyl groups excluding tert-OH is 1. The maximum absolute atomic E-state index is 11.3. The number of carbonyl (C=O) groups is 2. The Hall–Kier alpha value is -2.15. The summed E-state index contributed by atoms with van der Waals surface area (Å²) in [5.74, 6) is -0.420. The second kappa shape index (κ2) is 5.66. The van der Waals surface area contributed by atoms with Gasteiger partial charge in [0.2, 0.25) is 0 Å². The minimum absolute atomic E-state index is 0.148. The summed E-state index contributed by atoms with van der Waals surface area (Å²) in [5, 5.41) is 21.4. The first-order valence-electron chi connectivity index (χ1n) is 4.48. The molecule has 86 valence electrons. The van der Waals surface area contributed by atoms with Crippen LogP contribution in [-0.2, 0) is 0 Å². The average Bonchev–Trinajstić information content (AvgIpc) is 2.26. The highest BCUT2D eigenvalue weighted by Gasteiger charge is 2.06. The standard InChI is InChI=1S/C9H11N3O4/c13-4-3-10-8(14)7-2-1-6(5-11-7)12-9(15)16/h1-2,5,12-13H,3-4H2,(H,10,14)(H,15,16). The van der Waals surface area contributed by atoms with Crippen LogP contribution in [0.4, 0.5) is 10.5 Å². The summed E-state index contributed by atoms with van der Waals surface area (Å²) in [6, 6.07) is 2.81. The van der Waals surface area contributed by atoms with E-state index in [0.717, 1.165) is 0 Å². The third kappa shape index (κ3) is 3.54. The lowest BCUT2D eigenvalue weighted by molar-refractivity contribution is 0.0940. The van der Waals surface area contributed by atoms with Gasteiger partial charge in [0.15, 0.2) is 0 Å². The number of carbonyl (C=O) groups excluding carboxylic acids is 1. The number of carboxylic acid groups (broad SMARTS) is 1. The van der Waals surface area contributed by atoms with Crippen molar-refractivity contribution in [3.8, 4) is 0 Å². The highest BCUT2D eigenvalue weighted by atomic mass is 16.4. The average molecular weight is 225 g/mol. The molecule has 0 aliphatic carbocycles. The van der Waals surface area contributed by atoms with Gasteiger partial charge in [0, 0.05) is 6.54 Å². The fourth-order valence-corrected chi connectivity index (χ4v) is 0.986. The van der Waals surface area contributed by atoms with Gasteiger partial charge in [0.1, 0.15) is 5.69 Å². The number of aliphatic hydroxyl groups is 1. The maximum Gasteiger partial charge on any atom is 0.409 e. The number of rotatable bonds is 4. The predicted octanol–water partition coefficient (Wildman–Crippen LogP) is -0.106. The van der Waals surface area contributed by atoms with Crippen molar-refractivity contribution in [2.45, 2.75) is 0 Å². The van der Waals surface area contributed by atoms with Crippen LogP contribution in [0, 0.1) is 0 Å². The van der Waals surface area contributed by atoms with Gasteiger partial charge in [-0.15, -0.1) is 0 Å². The van der Waals surface area contributed by atoms with Gasteiger partial charge >= 0.3 is 6.09 Å². The van der Waals surface area contributed by atoms with E-state index in [-0.39, 0.29) is 24.5 Å². The lowest BCUT2D eigenvalue weighted by Gasteiger charge is -2.03. The van der Waals surface area contributed by atoms with Crippen molar-refractivity contribution in [3.63, 3.8) is 0 Å². The lowest BCUT2D eigenvalue weighted by Crippen LogP contribution is -2.27.